The normalized spacial score (nSPS) is 11.5. The number of carbonyl (C=O) groups is 2. The standard InChI is InChI=1S/C14H12Cl2F4O4/c15-10(16)7-23-11(21)5-2-6-12(22)24-9-4-1-3-8(13(9)17)14(18,19)20/h1,3-4,10H,2,5-7H2. The van der Waals surface area contributed by atoms with Crippen LogP contribution >= 0.6 is 23.2 Å². The Bertz CT molecular complexity index is 591. The van der Waals surface area contributed by atoms with Gasteiger partial charge in [-0.05, 0) is 18.6 Å². The van der Waals surface area contributed by atoms with Gasteiger partial charge in [0.15, 0.2) is 11.6 Å². The minimum Gasteiger partial charge on any atom is -0.463 e. The van der Waals surface area contributed by atoms with E-state index >= 15 is 0 Å². The van der Waals surface area contributed by atoms with Crippen LogP contribution in [0.2, 0.25) is 0 Å². The number of hydrogen-bond acceptors (Lipinski definition) is 4. The Morgan fingerprint density at radius 1 is 1.12 bits per heavy atom. The molecule has 10 heteroatoms. The summed E-state index contributed by atoms with van der Waals surface area (Å²) in [6.45, 7) is -0.207. The third-order valence-corrected chi connectivity index (χ3v) is 2.88. The van der Waals surface area contributed by atoms with Crippen molar-refractivity contribution in [1.82, 2.24) is 0 Å². The van der Waals surface area contributed by atoms with Gasteiger partial charge in [0.1, 0.15) is 11.4 Å². The lowest BCUT2D eigenvalue weighted by Gasteiger charge is -2.11. The Morgan fingerprint density at radius 2 is 1.75 bits per heavy atom. The van der Waals surface area contributed by atoms with E-state index in [1.807, 2.05) is 0 Å². The monoisotopic (exact) mass is 390 g/mol. The highest BCUT2D eigenvalue weighted by Crippen LogP contribution is 2.34. The molecule has 0 saturated heterocycles. The molecule has 0 atom stereocenters. The molecular weight excluding hydrogens is 379 g/mol. The van der Waals surface area contributed by atoms with Gasteiger partial charge >= 0.3 is 18.1 Å². The van der Waals surface area contributed by atoms with E-state index in [-0.39, 0.29) is 25.9 Å². The fourth-order valence-electron chi connectivity index (χ4n) is 1.59. The van der Waals surface area contributed by atoms with Crippen LogP contribution in [-0.2, 0) is 20.5 Å². The lowest BCUT2D eigenvalue weighted by atomic mass is 10.2. The molecule has 0 aliphatic carbocycles. The van der Waals surface area contributed by atoms with Crippen LogP contribution in [0.3, 0.4) is 0 Å². The summed E-state index contributed by atoms with van der Waals surface area (Å²) in [4.78, 5) is 21.9. The van der Waals surface area contributed by atoms with Crippen LogP contribution in [0.4, 0.5) is 17.6 Å². The summed E-state index contributed by atoms with van der Waals surface area (Å²) in [6.07, 6.45) is -5.36. The second-order valence-corrected chi connectivity index (χ2v) is 5.79. The van der Waals surface area contributed by atoms with E-state index < -0.39 is 40.1 Å². The smallest absolute Gasteiger partial charge is 0.419 e. The first-order valence-corrected chi connectivity index (χ1v) is 7.48. The van der Waals surface area contributed by atoms with E-state index in [0.717, 1.165) is 12.1 Å². The first kappa shape index (κ1) is 20.5. The highest BCUT2D eigenvalue weighted by Gasteiger charge is 2.35. The maximum Gasteiger partial charge on any atom is 0.419 e. The molecule has 0 fully saturated rings. The van der Waals surface area contributed by atoms with Gasteiger partial charge in [0.05, 0.1) is 5.56 Å². The lowest BCUT2D eigenvalue weighted by Crippen LogP contribution is -2.14. The Morgan fingerprint density at radius 3 is 2.33 bits per heavy atom. The van der Waals surface area contributed by atoms with E-state index in [1.165, 1.54) is 0 Å². The first-order chi connectivity index (χ1) is 11.1. The third-order valence-electron chi connectivity index (χ3n) is 2.62. The van der Waals surface area contributed by atoms with Crippen LogP contribution in [0.25, 0.3) is 0 Å². The summed E-state index contributed by atoms with van der Waals surface area (Å²) in [5, 5.41) is 0. The maximum atomic E-state index is 13.7. The van der Waals surface area contributed by atoms with Crippen molar-refractivity contribution in [3.05, 3.63) is 29.6 Å². The van der Waals surface area contributed by atoms with E-state index in [1.54, 1.807) is 0 Å². The zero-order valence-electron chi connectivity index (χ0n) is 12.0. The molecule has 0 spiro atoms. The third kappa shape index (κ3) is 6.92. The molecular formula is C14H12Cl2F4O4. The topological polar surface area (TPSA) is 52.6 Å². The first-order valence-electron chi connectivity index (χ1n) is 6.61. The molecule has 0 radical (unpaired) electrons. The number of benzene rings is 1. The van der Waals surface area contributed by atoms with Crippen molar-refractivity contribution in [2.24, 2.45) is 0 Å². The van der Waals surface area contributed by atoms with Crippen molar-refractivity contribution in [1.29, 1.82) is 0 Å². The molecule has 0 aliphatic heterocycles. The maximum absolute atomic E-state index is 13.7. The molecule has 0 aromatic heterocycles. The second-order valence-electron chi connectivity index (χ2n) is 4.52. The molecule has 0 heterocycles. The van der Waals surface area contributed by atoms with Crippen molar-refractivity contribution >= 4 is 35.1 Å². The highest BCUT2D eigenvalue weighted by atomic mass is 35.5. The van der Waals surface area contributed by atoms with Gasteiger partial charge in [0, 0.05) is 12.8 Å². The van der Waals surface area contributed by atoms with Gasteiger partial charge in [-0.2, -0.15) is 13.2 Å². The van der Waals surface area contributed by atoms with Gasteiger partial charge < -0.3 is 9.47 Å². The number of carbonyl (C=O) groups excluding carboxylic acids is 2. The average Bonchev–Trinajstić information content (AvgIpc) is 2.46. The van der Waals surface area contributed by atoms with E-state index in [2.05, 4.69) is 9.47 Å². The molecule has 1 aromatic rings. The Hall–Kier alpha value is -1.54. The summed E-state index contributed by atoms with van der Waals surface area (Å²) in [5.74, 6) is -4.13. The van der Waals surface area contributed by atoms with Crippen LogP contribution in [-0.4, -0.2) is 23.4 Å². The fourth-order valence-corrected chi connectivity index (χ4v) is 1.71. The number of hydrogen-bond donors (Lipinski definition) is 0. The molecule has 134 valence electrons. The molecule has 0 N–H and O–H groups in total. The Labute approximate surface area is 144 Å². The van der Waals surface area contributed by atoms with Crippen LogP contribution in [0.1, 0.15) is 24.8 Å². The minimum absolute atomic E-state index is 0.00743. The van der Waals surface area contributed by atoms with Gasteiger partial charge in [0.2, 0.25) is 0 Å². The summed E-state index contributed by atoms with van der Waals surface area (Å²) >= 11 is 10.7. The summed E-state index contributed by atoms with van der Waals surface area (Å²) in [7, 11) is 0. The highest BCUT2D eigenvalue weighted by molar-refractivity contribution is 6.44. The number of rotatable bonds is 7. The Balaban J connectivity index is 2.50. The van der Waals surface area contributed by atoms with Gasteiger partial charge in [-0.15, -0.1) is 23.2 Å². The lowest BCUT2D eigenvalue weighted by molar-refractivity contribution is -0.144. The predicted octanol–water partition coefficient (Wildman–Crippen LogP) is 4.27. The van der Waals surface area contributed by atoms with Crippen molar-refractivity contribution in [2.45, 2.75) is 30.3 Å². The molecule has 0 aliphatic rings. The average molecular weight is 391 g/mol. The van der Waals surface area contributed by atoms with Gasteiger partial charge in [-0.3, -0.25) is 9.59 Å². The quantitative estimate of drug-likeness (QED) is 0.302. The van der Waals surface area contributed by atoms with Crippen LogP contribution < -0.4 is 4.74 Å². The number of halogens is 6. The molecule has 1 aromatic carbocycles. The van der Waals surface area contributed by atoms with E-state index in [4.69, 9.17) is 23.2 Å². The van der Waals surface area contributed by atoms with Crippen molar-refractivity contribution < 1.29 is 36.6 Å². The van der Waals surface area contributed by atoms with Crippen molar-refractivity contribution in [3.63, 3.8) is 0 Å². The molecule has 0 saturated carbocycles. The fraction of sp³-hybridized carbons (Fsp3) is 0.429. The zero-order chi connectivity index (χ0) is 18.3. The SMILES string of the molecule is O=C(CCCC(=O)Oc1cccc(C(F)(F)F)c1F)OCC(Cl)Cl. The predicted molar refractivity (Wildman–Crippen MR) is 77.3 cm³/mol. The summed E-state index contributed by atoms with van der Waals surface area (Å²) in [6, 6.07) is 2.35. The van der Waals surface area contributed by atoms with Gasteiger partial charge in [-0.1, -0.05) is 6.07 Å². The molecule has 1 rings (SSSR count). The van der Waals surface area contributed by atoms with Crippen molar-refractivity contribution in [2.75, 3.05) is 6.61 Å². The number of ether oxygens (including phenoxy) is 2. The number of esters is 2. The molecule has 4 nitrogen and oxygen atoms in total. The van der Waals surface area contributed by atoms with Gasteiger partial charge in [0.25, 0.3) is 0 Å². The molecule has 0 amide bonds. The summed E-state index contributed by atoms with van der Waals surface area (Å²) in [5.41, 5.74) is -1.53. The van der Waals surface area contributed by atoms with E-state index in [0.29, 0.717) is 6.07 Å². The van der Waals surface area contributed by atoms with Crippen LogP contribution in [0.5, 0.6) is 5.75 Å². The van der Waals surface area contributed by atoms with E-state index in [9.17, 15) is 27.2 Å². The second kappa shape index (κ2) is 9.08. The number of alkyl halides is 5. The largest absolute Gasteiger partial charge is 0.463 e. The molecule has 24 heavy (non-hydrogen) atoms. The van der Waals surface area contributed by atoms with Crippen LogP contribution in [0.15, 0.2) is 18.2 Å². The Kier molecular flexibility index (Phi) is 7.75. The van der Waals surface area contributed by atoms with Crippen LogP contribution in [0, 0.1) is 5.82 Å². The molecule has 0 unspecified atom stereocenters. The molecule has 0 bridgehead atoms. The summed E-state index contributed by atoms with van der Waals surface area (Å²) < 4.78 is 60.5. The minimum atomic E-state index is -4.90. The van der Waals surface area contributed by atoms with Gasteiger partial charge in [-0.25, -0.2) is 4.39 Å². The van der Waals surface area contributed by atoms with Crippen molar-refractivity contribution in [3.8, 4) is 5.75 Å². The zero-order valence-corrected chi connectivity index (χ0v) is 13.6.